The van der Waals surface area contributed by atoms with Gasteiger partial charge in [0.15, 0.2) is 18.1 Å². The van der Waals surface area contributed by atoms with Crippen molar-refractivity contribution in [1.82, 2.24) is 5.32 Å². The van der Waals surface area contributed by atoms with Gasteiger partial charge in [-0.1, -0.05) is 19.8 Å². The number of hydrogen-bond donors (Lipinski definition) is 1. The molecule has 1 amide bonds. The molecule has 1 aliphatic carbocycles. The maximum absolute atomic E-state index is 12.0. The van der Waals surface area contributed by atoms with E-state index in [0.717, 1.165) is 25.3 Å². The summed E-state index contributed by atoms with van der Waals surface area (Å²) < 4.78 is 15.2. The van der Waals surface area contributed by atoms with Crippen molar-refractivity contribution in [3.05, 3.63) is 33.9 Å². The fraction of sp³-hybridized carbons (Fsp3) is 0.474. The lowest BCUT2D eigenvalue weighted by molar-refractivity contribution is -0.385. The molecule has 3 rings (SSSR count). The first-order valence-electron chi connectivity index (χ1n) is 9.16. The van der Waals surface area contributed by atoms with Gasteiger partial charge in [-0.05, 0) is 30.9 Å². The normalized spacial score (nSPS) is 20.8. The topological polar surface area (TPSA) is 117 Å². The second kappa shape index (κ2) is 8.73. The number of nitrogens with one attached hydrogen (secondary N) is 1. The molecule has 0 unspecified atom stereocenters. The first kappa shape index (κ1) is 19.7. The van der Waals surface area contributed by atoms with Gasteiger partial charge in [-0.2, -0.15) is 0 Å². The lowest BCUT2D eigenvalue weighted by Crippen LogP contribution is -2.42. The Morgan fingerprint density at radius 2 is 2.00 bits per heavy atom. The van der Waals surface area contributed by atoms with Crippen LogP contribution in [-0.4, -0.2) is 36.2 Å². The highest BCUT2D eigenvalue weighted by atomic mass is 16.7. The smallest absolute Gasteiger partial charge is 0.331 e. The molecule has 1 heterocycles. The van der Waals surface area contributed by atoms with E-state index in [1.807, 2.05) is 0 Å². The number of nitrogens with zero attached hydrogens (tertiary/aromatic N) is 1. The van der Waals surface area contributed by atoms with Crippen LogP contribution in [0.5, 0.6) is 11.5 Å². The third kappa shape index (κ3) is 4.79. The molecule has 1 fully saturated rings. The highest BCUT2D eigenvalue weighted by Gasteiger charge is 2.24. The number of nitro benzene ring substituents is 1. The molecular weight excluding hydrogens is 368 g/mol. The van der Waals surface area contributed by atoms with Gasteiger partial charge in [0.1, 0.15) is 0 Å². The van der Waals surface area contributed by atoms with Crippen LogP contribution < -0.4 is 14.8 Å². The Bertz CT molecular complexity index is 806. The average Bonchev–Trinajstić information content (AvgIpc) is 3.13. The molecule has 1 saturated carbocycles. The zero-order valence-corrected chi connectivity index (χ0v) is 15.5. The minimum atomic E-state index is -0.765. The largest absolute Gasteiger partial charge is 0.454 e. The summed E-state index contributed by atoms with van der Waals surface area (Å²) in [6.07, 6.45) is 6.53. The molecular formula is C19H22N2O7. The average molecular weight is 390 g/mol. The van der Waals surface area contributed by atoms with Gasteiger partial charge in [0.05, 0.1) is 16.6 Å². The van der Waals surface area contributed by atoms with E-state index in [-0.39, 0.29) is 35.7 Å². The summed E-state index contributed by atoms with van der Waals surface area (Å²) in [4.78, 5) is 34.5. The maximum atomic E-state index is 12.0. The molecule has 28 heavy (non-hydrogen) atoms. The van der Waals surface area contributed by atoms with Crippen molar-refractivity contribution in [2.24, 2.45) is 5.92 Å². The van der Waals surface area contributed by atoms with E-state index in [9.17, 15) is 19.7 Å². The number of carbonyl (C=O) groups is 2. The number of ether oxygens (including phenoxy) is 3. The van der Waals surface area contributed by atoms with Crippen LogP contribution in [0.15, 0.2) is 18.2 Å². The van der Waals surface area contributed by atoms with Gasteiger partial charge in [-0.15, -0.1) is 0 Å². The van der Waals surface area contributed by atoms with E-state index in [1.165, 1.54) is 24.6 Å². The molecule has 0 bridgehead atoms. The standard InChI is InChI=1S/C19H22N2O7/c1-12-4-2-3-5-14(12)20-18(22)10-26-19(23)7-6-13-8-16-17(28-11-27-16)9-15(13)21(24)25/h6-9,12,14H,2-5,10-11H2,1H3,(H,20,22)/b7-6+/t12-,14+/m1/s1. The van der Waals surface area contributed by atoms with Gasteiger partial charge < -0.3 is 19.5 Å². The van der Waals surface area contributed by atoms with Crippen molar-refractivity contribution in [3.8, 4) is 11.5 Å². The Hall–Kier alpha value is -3.10. The zero-order chi connectivity index (χ0) is 20.1. The number of esters is 1. The zero-order valence-electron chi connectivity index (χ0n) is 15.5. The second-order valence-electron chi connectivity index (χ2n) is 6.90. The molecule has 2 aliphatic rings. The Morgan fingerprint density at radius 3 is 2.71 bits per heavy atom. The summed E-state index contributed by atoms with van der Waals surface area (Å²) in [7, 11) is 0. The lowest BCUT2D eigenvalue weighted by atomic mass is 9.86. The summed E-state index contributed by atoms with van der Waals surface area (Å²) in [6.45, 7) is 1.68. The molecule has 0 spiro atoms. The molecule has 9 nitrogen and oxygen atoms in total. The molecule has 9 heteroatoms. The van der Waals surface area contributed by atoms with Gasteiger partial charge in [0, 0.05) is 12.1 Å². The summed E-state index contributed by atoms with van der Waals surface area (Å²) in [5.74, 6) is -0.0761. The van der Waals surface area contributed by atoms with Crippen molar-refractivity contribution in [3.63, 3.8) is 0 Å². The molecule has 1 aromatic carbocycles. The minimum absolute atomic E-state index is 0.0174. The fourth-order valence-electron chi connectivity index (χ4n) is 3.36. The molecule has 1 aliphatic heterocycles. The Balaban J connectivity index is 1.55. The molecule has 150 valence electrons. The van der Waals surface area contributed by atoms with Crippen LogP contribution in [0.25, 0.3) is 6.08 Å². The van der Waals surface area contributed by atoms with E-state index < -0.39 is 17.5 Å². The van der Waals surface area contributed by atoms with E-state index in [0.29, 0.717) is 11.7 Å². The van der Waals surface area contributed by atoms with Gasteiger partial charge in [-0.3, -0.25) is 14.9 Å². The Labute approximate surface area is 161 Å². The second-order valence-corrected chi connectivity index (χ2v) is 6.90. The van der Waals surface area contributed by atoms with Crippen LogP contribution in [0.2, 0.25) is 0 Å². The van der Waals surface area contributed by atoms with E-state index >= 15 is 0 Å². The first-order valence-corrected chi connectivity index (χ1v) is 9.16. The molecule has 1 N–H and O–H groups in total. The summed E-state index contributed by atoms with van der Waals surface area (Å²) in [5.41, 5.74) is -0.0518. The first-order chi connectivity index (χ1) is 13.4. The van der Waals surface area contributed by atoms with Crippen molar-refractivity contribution >= 4 is 23.6 Å². The predicted octanol–water partition coefficient (Wildman–Crippen LogP) is 2.57. The number of benzene rings is 1. The molecule has 1 aromatic rings. The van der Waals surface area contributed by atoms with Crippen LogP contribution >= 0.6 is 0 Å². The summed E-state index contributed by atoms with van der Waals surface area (Å²) >= 11 is 0. The van der Waals surface area contributed by atoms with Crippen LogP contribution in [0, 0.1) is 16.0 Å². The van der Waals surface area contributed by atoms with Crippen LogP contribution in [0.3, 0.4) is 0 Å². The van der Waals surface area contributed by atoms with Crippen LogP contribution in [0.1, 0.15) is 38.2 Å². The highest BCUT2D eigenvalue weighted by molar-refractivity contribution is 5.90. The van der Waals surface area contributed by atoms with E-state index in [4.69, 9.17) is 14.2 Å². The van der Waals surface area contributed by atoms with Gasteiger partial charge in [-0.25, -0.2) is 4.79 Å². The number of rotatable bonds is 6. The van der Waals surface area contributed by atoms with Crippen molar-refractivity contribution < 1.29 is 28.7 Å². The number of amides is 1. The molecule has 2 atom stereocenters. The van der Waals surface area contributed by atoms with E-state index in [1.54, 1.807) is 0 Å². The monoisotopic (exact) mass is 390 g/mol. The summed E-state index contributed by atoms with van der Waals surface area (Å²) in [6, 6.07) is 2.76. The summed E-state index contributed by atoms with van der Waals surface area (Å²) in [5, 5.41) is 14.1. The predicted molar refractivity (Wildman–Crippen MR) is 98.8 cm³/mol. The minimum Gasteiger partial charge on any atom is -0.454 e. The Morgan fingerprint density at radius 1 is 1.29 bits per heavy atom. The molecule has 0 saturated heterocycles. The number of fused-ring (bicyclic) bond motifs is 1. The molecule has 0 aromatic heterocycles. The maximum Gasteiger partial charge on any atom is 0.331 e. The van der Waals surface area contributed by atoms with Gasteiger partial charge in [0.2, 0.25) is 6.79 Å². The van der Waals surface area contributed by atoms with Crippen molar-refractivity contribution in [2.75, 3.05) is 13.4 Å². The third-order valence-corrected chi connectivity index (χ3v) is 4.92. The van der Waals surface area contributed by atoms with Crippen molar-refractivity contribution in [1.29, 1.82) is 0 Å². The number of hydrogen-bond acceptors (Lipinski definition) is 7. The highest BCUT2D eigenvalue weighted by Crippen LogP contribution is 2.38. The van der Waals surface area contributed by atoms with Crippen molar-refractivity contribution in [2.45, 2.75) is 38.6 Å². The van der Waals surface area contributed by atoms with Gasteiger partial charge >= 0.3 is 5.97 Å². The van der Waals surface area contributed by atoms with Crippen LogP contribution in [-0.2, 0) is 14.3 Å². The SMILES string of the molecule is C[C@@H]1CCCC[C@@H]1NC(=O)COC(=O)/C=C/c1cc2c(cc1[N+](=O)[O-])OCO2. The van der Waals surface area contributed by atoms with Gasteiger partial charge in [0.25, 0.3) is 11.6 Å². The third-order valence-electron chi connectivity index (χ3n) is 4.92. The molecule has 0 radical (unpaired) electrons. The number of nitro groups is 1. The number of carbonyl (C=O) groups excluding carboxylic acids is 2. The van der Waals surface area contributed by atoms with E-state index in [2.05, 4.69) is 12.2 Å². The Kier molecular flexibility index (Phi) is 6.13. The van der Waals surface area contributed by atoms with Crippen LogP contribution in [0.4, 0.5) is 5.69 Å². The quantitative estimate of drug-likeness (QED) is 0.343. The fourth-order valence-corrected chi connectivity index (χ4v) is 3.36. The lowest BCUT2D eigenvalue weighted by Gasteiger charge is -2.29.